The quantitative estimate of drug-likeness (QED) is 0.861. The minimum atomic E-state index is -0.309. The van der Waals surface area contributed by atoms with Gasteiger partial charge in [0.25, 0.3) is 0 Å². The molecule has 1 aromatic heterocycles. The smallest absolute Gasteiger partial charge is 0.228 e. The van der Waals surface area contributed by atoms with Gasteiger partial charge in [0.1, 0.15) is 0 Å². The zero-order chi connectivity index (χ0) is 16.3. The van der Waals surface area contributed by atoms with Gasteiger partial charge in [0.2, 0.25) is 11.7 Å². The molecule has 0 aliphatic rings. The second-order valence-electron chi connectivity index (χ2n) is 5.15. The molecule has 5 heteroatoms. The van der Waals surface area contributed by atoms with Gasteiger partial charge in [-0.3, -0.25) is 9.59 Å². The van der Waals surface area contributed by atoms with Crippen molar-refractivity contribution in [2.45, 2.75) is 19.8 Å². The molecule has 2 rings (SSSR count). The molecular formula is C17H19ClN2O2. The van der Waals surface area contributed by atoms with E-state index in [-0.39, 0.29) is 17.6 Å². The third-order valence-corrected chi connectivity index (χ3v) is 3.94. The fourth-order valence-electron chi connectivity index (χ4n) is 2.40. The standard InChI is InChI=1S/C17H19ClN2O2/c1-4-19-17(22)11(2)14-9-10-15(20(14)3)16(21)12-5-7-13(18)8-6-12/h5-11H,4H2,1-3H3,(H,19,22). The number of rotatable bonds is 5. The molecule has 1 atom stereocenters. The number of nitrogens with one attached hydrogen (secondary N) is 1. The summed E-state index contributed by atoms with van der Waals surface area (Å²) in [4.78, 5) is 24.5. The topological polar surface area (TPSA) is 51.1 Å². The molecule has 0 saturated heterocycles. The van der Waals surface area contributed by atoms with Crippen LogP contribution >= 0.6 is 11.6 Å². The lowest BCUT2D eigenvalue weighted by Gasteiger charge is -2.13. The first-order valence-corrected chi connectivity index (χ1v) is 7.57. The normalized spacial score (nSPS) is 12.0. The van der Waals surface area contributed by atoms with E-state index >= 15 is 0 Å². The summed E-state index contributed by atoms with van der Waals surface area (Å²) >= 11 is 5.84. The highest BCUT2D eigenvalue weighted by Gasteiger charge is 2.21. The Morgan fingerprint density at radius 2 is 1.82 bits per heavy atom. The van der Waals surface area contributed by atoms with Gasteiger partial charge in [0.05, 0.1) is 11.6 Å². The first kappa shape index (κ1) is 16.3. The summed E-state index contributed by atoms with van der Waals surface area (Å²) < 4.78 is 1.77. The Labute approximate surface area is 135 Å². The van der Waals surface area contributed by atoms with Crippen molar-refractivity contribution in [1.82, 2.24) is 9.88 Å². The molecule has 0 saturated carbocycles. The molecule has 0 fully saturated rings. The molecule has 0 aliphatic heterocycles. The van der Waals surface area contributed by atoms with Crippen LogP contribution in [0.25, 0.3) is 0 Å². The number of amides is 1. The second-order valence-corrected chi connectivity index (χ2v) is 5.59. The van der Waals surface area contributed by atoms with Crippen molar-refractivity contribution < 1.29 is 9.59 Å². The lowest BCUT2D eigenvalue weighted by atomic mass is 10.1. The van der Waals surface area contributed by atoms with Gasteiger partial charge in [-0.25, -0.2) is 0 Å². The molecule has 4 nitrogen and oxygen atoms in total. The third kappa shape index (κ3) is 3.22. The summed E-state index contributed by atoms with van der Waals surface area (Å²) in [7, 11) is 1.80. The first-order chi connectivity index (χ1) is 10.5. The lowest BCUT2D eigenvalue weighted by Crippen LogP contribution is -2.28. The summed E-state index contributed by atoms with van der Waals surface area (Å²) in [6.07, 6.45) is 0. The van der Waals surface area contributed by atoms with Crippen LogP contribution < -0.4 is 5.32 Å². The van der Waals surface area contributed by atoms with E-state index in [1.54, 1.807) is 41.9 Å². The van der Waals surface area contributed by atoms with Gasteiger partial charge >= 0.3 is 0 Å². The number of hydrogen-bond acceptors (Lipinski definition) is 2. The Kier molecular flexibility index (Phi) is 5.03. The highest BCUT2D eigenvalue weighted by molar-refractivity contribution is 6.30. The number of hydrogen-bond donors (Lipinski definition) is 1. The highest BCUT2D eigenvalue weighted by atomic mass is 35.5. The van der Waals surface area contributed by atoms with E-state index < -0.39 is 0 Å². The molecule has 2 aromatic rings. The second kappa shape index (κ2) is 6.79. The summed E-state index contributed by atoms with van der Waals surface area (Å²) in [6.45, 7) is 4.30. The minimum Gasteiger partial charge on any atom is -0.356 e. The SMILES string of the molecule is CCNC(=O)C(C)c1ccc(C(=O)c2ccc(Cl)cc2)n1C. The summed E-state index contributed by atoms with van der Waals surface area (Å²) in [5.74, 6) is -0.445. The van der Waals surface area contributed by atoms with Crippen molar-refractivity contribution in [3.05, 3.63) is 58.4 Å². The number of ketones is 1. The van der Waals surface area contributed by atoms with Gasteiger partial charge in [0, 0.05) is 29.9 Å². The van der Waals surface area contributed by atoms with E-state index in [0.717, 1.165) is 5.69 Å². The third-order valence-electron chi connectivity index (χ3n) is 3.69. The van der Waals surface area contributed by atoms with Crippen LogP contribution in [0.1, 0.15) is 41.5 Å². The molecule has 1 heterocycles. The molecule has 1 amide bonds. The van der Waals surface area contributed by atoms with Gasteiger partial charge in [-0.15, -0.1) is 0 Å². The Balaban J connectivity index is 2.29. The lowest BCUT2D eigenvalue weighted by molar-refractivity contribution is -0.122. The average Bonchev–Trinajstić information content (AvgIpc) is 2.88. The van der Waals surface area contributed by atoms with Crippen molar-refractivity contribution >= 4 is 23.3 Å². The summed E-state index contributed by atoms with van der Waals surface area (Å²) in [6, 6.07) is 10.4. The Morgan fingerprint density at radius 3 is 2.41 bits per heavy atom. The van der Waals surface area contributed by atoms with E-state index in [1.807, 2.05) is 19.9 Å². The molecule has 0 bridgehead atoms. The van der Waals surface area contributed by atoms with Gasteiger partial charge in [-0.1, -0.05) is 11.6 Å². The number of carbonyl (C=O) groups excluding carboxylic acids is 2. The maximum atomic E-state index is 12.5. The summed E-state index contributed by atoms with van der Waals surface area (Å²) in [5.41, 5.74) is 1.93. The molecular weight excluding hydrogens is 300 g/mol. The van der Waals surface area contributed by atoms with Gasteiger partial charge < -0.3 is 9.88 Å². The molecule has 0 radical (unpaired) electrons. The van der Waals surface area contributed by atoms with E-state index in [4.69, 9.17) is 11.6 Å². The van der Waals surface area contributed by atoms with E-state index in [0.29, 0.717) is 22.8 Å². The zero-order valence-electron chi connectivity index (χ0n) is 12.9. The molecule has 0 aliphatic carbocycles. The van der Waals surface area contributed by atoms with Crippen LogP contribution in [0.15, 0.2) is 36.4 Å². The van der Waals surface area contributed by atoms with Crippen molar-refractivity contribution in [2.24, 2.45) is 7.05 Å². The summed E-state index contributed by atoms with van der Waals surface area (Å²) in [5, 5.41) is 3.39. The predicted octanol–water partition coefficient (Wildman–Crippen LogP) is 3.15. The molecule has 116 valence electrons. The number of likely N-dealkylation sites (N-methyl/N-ethyl adjacent to an activating group) is 1. The van der Waals surface area contributed by atoms with Gasteiger partial charge in [-0.2, -0.15) is 0 Å². The van der Waals surface area contributed by atoms with Crippen LogP contribution in [-0.2, 0) is 11.8 Å². The number of carbonyl (C=O) groups is 2. The number of halogens is 1. The van der Waals surface area contributed by atoms with Crippen molar-refractivity contribution in [3.8, 4) is 0 Å². The average molecular weight is 319 g/mol. The van der Waals surface area contributed by atoms with Gasteiger partial charge in [-0.05, 0) is 50.2 Å². The Hall–Kier alpha value is -2.07. The van der Waals surface area contributed by atoms with Crippen molar-refractivity contribution in [2.75, 3.05) is 6.54 Å². The van der Waals surface area contributed by atoms with Crippen molar-refractivity contribution in [3.63, 3.8) is 0 Å². The molecule has 22 heavy (non-hydrogen) atoms. The molecule has 0 spiro atoms. The molecule has 1 unspecified atom stereocenters. The maximum Gasteiger partial charge on any atom is 0.228 e. The van der Waals surface area contributed by atoms with Crippen LogP contribution in [0.3, 0.4) is 0 Å². The molecule has 1 aromatic carbocycles. The Bertz CT molecular complexity index is 689. The predicted molar refractivity (Wildman–Crippen MR) is 87.4 cm³/mol. The van der Waals surface area contributed by atoms with Crippen LogP contribution in [-0.4, -0.2) is 22.8 Å². The van der Waals surface area contributed by atoms with Crippen LogP contribution in [0, 0.1) is 0 Å². The van der Waals surface area contributed by atoms with E-state index in [9.17, 15) is 9.59 Å². The fourth-order valence-corrected chi connectivity index (χ4v) is 2.53. The molecule has 1 N–H and O–H groups in total. The highest BCUT2D eigenvalue weighted by Crippen LogP contribution is 2.21. The van der Waals surface area contributed by atoms with Gasteiger partial charge in [0.15, 0.2) is 0 Å². The number of aromatic nitrogens is 1. The minimum absolute atomic E-state index is 0.0470. The van der Waals surface area contributed by atoms with Crippen LogP contribution in [0.5, 0.6) is 0 Å². The number of benzene rings is 1. The number of nitrogens with zero attached hydrogens (tertiary/aromatic N) is 1. The first-order valence-electron chi connectivity index (χ1n) is 7.19. The van der Waals surface area contributed by atoms with E-state index in [2.05, 4.69) is 5.32 Å². The fraction of sp³-hybridized carbons (Fsp3) is 0.294. The van der Waals surface area contributed by atoms with Crippen LogP contribution in [0.4, 0.5) is 0 Å². The largest absolute Gasteiger partial charge is 0.356 e. The maximum absolute atomic E-state index is 12.5. The van der Waals surface area contributed by atoms with E-state index in [1.165, 1.54) is 0 Å². The monoisotopic (exact) mass is 318 g/mol. The zero-order valence-corrected chi connectivity index (χ0v) is 13.6. The van der Waals surface area contributed by atoms with Crippen LogP contribution in [0.2, 0.25) is 5.02 Å². The Morgan fingerprint density at radius 1 is 1.18 bits per heavy atom. The van der Waals surface area contributed by atoms with Crippen molar-refractivity contribution in [1.29, 1.82) is 0 Å².